The number of likely N-dealkylation sites (N-methyl/N-ethyl adjacent to an activating group) is 1. The quantitative estimate of drug-likeness (QED) is 0.0272. The molecule has 0 aliphatic carbocycles. The molecule has 0 bridgehead atoms. The van der Waals surface area contributed by atoms with E-state index in [-0.39, 0.29) is 18.9 Å². The summed E-state index contributed by atoms with van der Waals surface area (Å²) in [5, 5.41) is 13.9. The topological polar surface area (TPSA) is 108 Å². The molecule has 0 aliphatic heterocycles. The lowest BCUT2D eigenvalue weighted by Gasteiger charge is -2.29. The normalized spacial score (nSPS) is 14.6. The molecule has 3 atom stereocenters. The second kappa shape index (κ2) is 71.9. The summed E-state index contributed by atoms with van der Waals surface area (Å²) < 4.78 is 23.4. The predicted molar refractivity (Wildman–Crippen MR) is 407 cm³/mol. The number of hydrogen-bond donors (Lipinski definition) is 2. The molecule has 0 aliphatic rings. The largest absolute Gasteiger partial charge is 0.756 e. The molecule has 0 heterocycles. The second-order valence-corrected chi connectivity index (χ2v) is 27.3. The lowest BCUT2D eigenvalue weighted by atomic mass is 10.0. The number of carbonyl (C=O) groups excluding carboxylic acids is 1. The van der Waals surface area contributed by atoms with Crippen molar-refractivity contribution in [3.63, 3.8) is 0 Å². The van der Waals surface area contributed by atoms with Gasteiger partial charge in [0, 0.05) is 6.42 Å². The van der Waals surface area contributed by atoms with Crippen LogP contribution in [0.3, 0.4) is 0 Å². The summed E-state index contributed by atoms with van der Waals surface area (Å²) in [7, 11) is 1.18. The first-order chi connectivity index (χ1) is 45.5. The van der Waals surface area contributed by atoms with E-state index in [4.69, 9.17) is 9.05 Å². The van der Waals surface area contributed by atoms with Gasteiger partial charge in [0.15, 0.2) is 0 Å². The first-order valence-electron chi connectivity index (χ1n) is 37.6. The summed E-state index contributed by atoms with van der Waals surface area (Å²) in [6.07, 6.45) is 115. The molecule has 0 aromatic carbocycles. The van der Waals surface area contributed by atoms with Crippen LogP contribution in [-0.2, 0) is 18.4 Å². The van der Waals surface area contributed by atoms with E-state index in [9.17, 15) is 19.4 Å². The molecule has 0 rings (SSSR count). The van der Waals surface area contributed by atoms with Crippen LogP contribution in [0.5, 0.6) is 0 Å². The van der Waals surface area contributed by atoms with Gasteiger partial charge in [0.25, 0.3) is 7.82 Å². The van der Waals surface area contributed by atoms with Gasteiger partial charge in [-0.15, -0.1) is 0 Å². The zero-order valence-corrected chi connectivity index (χ0v) is 61.3. The van der Waals surface area contributed by atoms with Crippen molar-refractivity contribution in [1.82, 2.24) is 5.32 Å². The third-order valence-corrected chi connectivity index (χ3v) is 16.8. The second-order valence-electron chi connectivity index (χ2n) is 25.9. The number of nitrogens with one attached hydrogen (secondary N) is 1. The van der Waals surface area contributed by atoms with E-state index in [1.54, 1.807) is 6.08 Å². The van der Waals surface area contributed by atoms with Crippen molar-refractivity contribution in [3.8, 4) is 0 Å². The molecule has 528 valence electrons. The van der Waals surface area contributed by atoms with E-state index in [0.29, 0.717) is 23.9 Å². The molecule has 1 amide bonds. The van der Waals surface area contributed by atoms with Crippen LogP contribution in [0.4, 0.5) is 0 Å². The highest BCUT2D eigenvalue weighted by molar-refractivity contribution is 7.45. The minimum absolute atomic E-state index is 0.0276. The van der Waals surface area contributed by atoms with Crippen LogP contribution in [0.2, 0.25) is 0 Å². The molecular weight excluding hydrogens is 1160 g/mol. The van der Waals surface area contributed by atoms with E-state index in [0.717, 1.165) is 109 Å². The van der Waals surface area contributed by atoms with Crippen molar-refractivity contribution in [2.75, 3.05) is 40.9 Å². The first-order valence-corrected chi connectivity index (χ1v) is 39.1. The highest BCUT2D eigenvalue weighted by atomic mass is 31.2. The van der Waals surface area contributed by atoms with Crippen LogP contribution in [0.15, 0.2) is 182 Å². The number of aliphatic hydroxyl groups excluding tert-OH is 1. The Morgan fingerprint density at radius 1 is 0.387 bits per heavy atom. The molecular formula is C84H141N2O6P. The summed E-state index contributed by atoms with van der Waals surface area (Å²) in [5.41, 5.74) is 0. The molecule has 2 N–H and O–H groups in total. The van der Waals surface area contributed by atoms with Crippen molar-refractivity contribution in [2.24, 2.45) is 0 Å². The van der Waals surface area contributed by atoms with Crippen LogP contribution < -0.4 is 10.2 Å². The lowest BCUT2D eigenvalue weighted by Crippen LogP contribution is -2.45. The molecule has 0 aromatic rings. The Balaban J connectivity index is 4.26. The molecule has 0 fully saturated rings. The molecule has 0 spiro atoms. The number of phosphoric acid groups is 1. The fourth-order valence-electron chi connectivity index (χ4n) is 10.1. The fourth-order valence-corrected chi connectivity index (χ4v) is 10.8. The number of amides is 1. The predicted octanol–water partition coefficient (Wildman–Crippen LogP) is 24.2. The summed E-state index contributed by atoms with van der Waals surface area (Å²) in [6.45, 7) is 4.48. The van der Waals surface area contributed by atoms with E-state index in [2.05, 4.69) is 189 Å². The van der Waals surface area contributed by atoms with Gasteiger partial charge in [-0.05, 0) is 135 Å². The number of unbranched alkanes of at least 4 members (excludes halogenated alkanes) is 26. The molecule has 8 nitrogen and oxygen atoms in total. The van der Waals surface area contributed by atoms with Gasteiger partial charge >= 0.3 is 0 Å². The summed E-state index contributed by atoms with van der Waals surface area (Å²) in [5.74, 6) is -0.259. The van der Waals surface area contributed by atoms with Gasteiger partial charge in [0.05, 0.1) is 39.9 Å². The third kappa shape index (κ3) is 74.9. The number of carbonyl (C=O) groups is 1. The first kappa shape index (κ1) is 88.6. The number of hydrogen-bond acceptors (Lipinski definition) is 6. The molecule has 0 saturated heterocycles. The average Bonchev–Trinajstić information content (AvgIpc) is 1.94. The van der Waals surface area contributed by atoms with Gasteiger partial charge in [-0.2, -0.15) is 0 Å². The standard InChI is InChI=1S/C84H141N2O6P/c1-6-8-10-12-14-16-18-20-22-24-26-28-30-32-34-36-38-40-41-42-43-44-45-46-48-50-52-54-56-58-60-62-64-66-68-70-72-74-76-78-84(88)85-82(81-92-93(89,90)91-80-79-86(3,4)5)83(87)77-75-73-71-69-67-65-63-61-59-57-55-53-51-49-47-39-37-35-33-31-29-27-25-23-21-19-17-15-13-11-9-7-2/h8,10,14,16,20,22,26,28,32,34,38,40,42-43,45-46,50,52,56,58-59,61-62,64,67-70,75,77,82-83,87H,6-7,9,11-13,15,17-19,21,23-25,27,29-31,33,35-37,39,41,44,47-49,51,53-55,57,60,63,65-66,71-74,76,78-81H2,1-5H3,(H-,85,88,89,90)/b10-8-,16-14-,22-20-,28-26-,34-32-,40-38-,43-42-,46-45-,52-50-,58-56-,61-59+,64-62-,69-67+,70-68-,77-75+. The maximum atomic E-state index is 13.0. The van der Waals surface area contributed by atoms with Gasteiger partial charge in [0.2, 0.25) is 5.91 Å². The monoisotopic (exact) mass is 1310 g/mol. The summed E-state index contributed by atoms with van der Waals surface area (Å²) in [6, 6.07) is -0.950. The Morgan fingerprint density at radius 2 is 0.667 bits per heavy atom. The van der Waals surface area contributed by atoms with Crippen LogP contribution in [0.1, 0.15) is 290 Å². The fraction of sp³-hybridized carbons (Fsp3) is 0.631. The zero-order valence-electron chi connectivity index (χ0n) is 60.4. The summed E-state index contributed by atoms with van der Waals surface area (Å²) in [4.78, 5) is 25.6. The van der Waals surface area contributed by atoms with Gasteiger partial charge in [-0.25, -0.2) is 0 Å². The highest BCUT2D eigenvalue weighted by Gasteiger charge is 2.23. The SMILES string of the molecule is CC/C=C\C/C=C\C/C=C\C/C=C\C/C=C\C/C=C\C/C=C\C/C=C\C/C=C\C/C=C\C/C=C\C/C=C\CCCCC(=O)NC(COP(=O)([O-])OCC[N+](C)(C)C)C(O)/C=C/CC/C=C/CC/C=C/CCCCCCCCCCCCCCCCCCCCCCCC. The molecule has 93 heavy (non-hydrogen) atoms. The Hall–Kier alpha value is -4.40. The van der Waals surface area contributed by atoms with Crippen molar-refractivity contribution < 1.29 is 32.9 Å². The minimum Gasteiger partial charge on any atom is -0.756 e. The van der Waals surface area contributed by atoms with Crippen molar-refractivity contribution >= 4 is 13.7 Å². The summed E-state index contributed by atoms with van der Waals surface area (Å²) >= 11 is 0. The Morgan fingerprint density at radius 3 is 1.00 bits per heavy atom. The maximum absolute atomic E-state index is 13.0. The molecule has 3 unspecified atom stereocenters. The van der Waals surface area contributed by atoms with E-state index < -0.39 is 26.6 Å². The number of aliphatic hydroxyl groups is 1. The zero-order chi connectivity index (χ0) is 67.6. The van der Waals surface area contributed by atoms with E-state index in [1.807, 2.05) is 27.2 Å². The Labute approximate surface area is 574 Å². The van der Waals surface area contributed by atoms with Gasteiger partial charge < -0.3 is 28.8 Å². The van der Waals surface area contributed by atoms with Gasteiger partial charge in [0.1, 0.15) is 13.2 Å². The number of rotatable bonds is 67. The van der Waals surface area contributed by atoms with Crippen LogP contribution >= 0.6 is 7.82 Å². The number of nitrogens with zero attached hydrogens (tertiary/aromatic N) is 1. The molecule has 0 radical (unpaired) electrons. The van der Waals surface area contributed by atoms with Gasteiger partial charge in [-0.3, -0.25) is 9.36 Å². The van der Waals surface area contributed by atoms with Crippen molar-refractivity contribution in [3.05, 3.63) is 182 Å². The van der Waals surface area contributed by atoms with Crippen LogP contribution in [0.25, 0.3) is 0 Å². The Bertz CT molecular complexity index is 2180. The molecule has 9 heteroatoms. The smallest absolute Gasteiger partial charge is 0.268 e. The van der Waals surface area contributed by atoms with Crippen LogP contribution in [-0.4, -0.2) is 68.5 Å². The Kier molecular flexibility index (Phi) is 68.5. The van der Waals surface area contributed by atoms with E-state index >= 15 is 0 Å². The minimum atomic E-state index is -4.65. The number of quaternary nitrogens is 1. The maximum Gasteiger partial charge on any atom is 0.268 e. The lowest BCUT2D eigenvalue weighted by molar-refractivity contribution is -0.870. The molecule has 0 saturated carbocycles. The third-order valence-electron chi connectivity index (χ3n) is 15.8. The number of allylic oxidation sites excluding steroid dienone is 29. The van der Waals surface area contributed by atoms with Crippen molar-refractivity contribution in [1.29, 1.82) is 0 Å². The van der Waals surface area contributed by atoms with Crippen molar-refractivity contribution in [2.45, 2.75) is 302 Å². The number of phosphoric ester groups is 1. The van der Waals surface area contributed by atoms with Gasteiger partial charge in [-0.1, -0.05) is 331 Å². The highest BCUT2D eigenvalue weighted by Crippen LogP contribution is 2.38. The van der Waals surface area contributed by atoms with E-state index in [1.165, 1.54) is 148 Å². The molecule has 0 aromatic heterocycles. The van der Waals surface area contributed by atoms with Crippen LogP contribution in [0, 0.1) is 0 Å². The average molecular weight is 1310 g/mol.